The third-order valence-electron chi connectivity index (χ3n) is 3.77. The van der Waals surface area contributed by atoms with E-state index in [1.165, 1.54) is 24.2 Å². The van der Waals surface area contributed by atoms with Crippen LogP contribution in [-0.4, -0.2) is 37.6 Å². The SMILES string of the molecule is CCN(CC)CCCN(CC)c1ccc(CN)cc1Br. The van der Waals surface area contributed by atoms with Gasteiger partial charge >= 0.3 is 0 Å². The molecule has 2 N–H and O–H groups in total. The molecule has 1 rings (SSSR count). The molecular formula is C16H28BrN3. The second kappa shape index (κ2) is 9.37. The molecule has 0 aromatic heterocycles. The molecule has 0 saturated heterocycles. The summed E-state index contributed by atoms with van der Waals surface area (Å²) >= 11 is 3.67. The zero-order valence-electron chi connectivity index (χ0n) is 13.0. The molecule has 0 aliphatic rings. The summed E-state index contributed by atoms with van der Waals surface area (Å²) in [5.41, 5.74) is 8.12. The summed E-state index contributed by atoms with van der Waals surface area (Å²) < 4.78 is 1.14. The van der Waals surface area contributed by atoms with Gasteiger partial charge in [0.2, 0.25) is 0 Å². The quantitative estimate of drug-likeness (QED) is 0.746. The molecule has 0 radical (unpaired) electrons. The van der Waals surface area contributed by atoms with Crippen molar-refractivity contribution in [2.75, 3.05) is 37.6 Å². The van der Waals surface area contributed by atoms with Crippen molar-refractivity contribution in [3.05, 3.63) is 28.2 Å². The number of hydrogen-bond donors (Lipinski definition) is 1. The van der Waals surface area contributed by atoms with Gasteiger partial charge in [-0.2, -0.15) is 0 Å². The van der Waals surface area contributed by atoms with E-state index in [-0.39, 0.29) is 0 Å². The Hall–Kier alpha value is -0.580. The Balaban J connectivity index is 2.62. The second-order valence-electron chi connectivity index (χ2n) is 4.95. The fraction of sp³-hybridized carbons (Fsp3) is 0.625. The molecule has 3 nitrogen and oxygen atoms in total. The Morgan fingerprint density at radius 3 is 2.25 bits per heavy atom. The fourth-order valence-corrected chi connectivity index (χ4v) is 3.08. The summed E-state index contributed by atoms with van der Waals surface area (Å²) in [4.78, 5) is 4.90. The highest BCUT2D eigenvalue weighted by Crippen LogP contribution is 2.27. The smallest absolute Gasteiger partial charge is 0.0510 e. The molecule has 0 heterocycles. The van der Waals surface area contributed by atoms with Crippen LogP contribution in [-0.2, 0) is 6.54 Å². The third kappa shape index (κ3) is 5.08. The van der Waals surface area contributed by atoms with E-state index in [2.05, 4.69) is 64.7 Å². The average Bonchev–Trinajstić information content (AvgIpc) is 2.48. The minimum Gasteiger partial charge on any atom is -0.371 e. The first kappa shape index (κ1) is 17.5. The third-order valence-corrected chi connectivity index (χ3v) is 4.40. The van der Waals surface area contributed by atoms with Gasteiger partial charge in [0.05, 0.1) is 5.69 Å². The van der Waals surface area contributed by atoms with Crippen molar-refractivity contribution in [2.24, 2.45) is 5.73 Å². The standard InChI is InChI=1S/C16H28BrN3/c1-4-19(5-2)10-7-11-20(6-3)16-9-8-14(13-18)12-15(16)17/h8-9,12H,4-7,10-11,13,18H2,1-3H3. The Morgan fingerprint density at radius 2 is 1.75 bits per heavy atom. The van der Waals surface area contributed by atoms with Crippen molar-refractivity contribution < 1.29 is 0 Å². The summed E-state index contributed by atoms with van der Waals surface area (Å²) in [5.74, 6) is 0. The summed E-state index contributed by atoms with van der Waals surface area (Å²) in [6.45, 7) is 12.8. The van der Waals surface area contributed by atoms with Gasteiger partial charge < -0.3 is 15.5 Å². The van der Waals surface area contributed by atoms with Gasteiger partial charge in [-0.3, -0.25) is 0 Å². The molecule has 0 bridgehead atoms. The van der Waals surface area contributed by atoms with Crippen molar-refractivity contribution in [3.8, 4) is 0 Å². The van der Waals surface area contributed by atoms with Gasteiger partial charge in [0.25, 0.3) is 0 Å². The summed E-state index contributed by atoms with van der Waals surface area (Å²) in [7, 11) is 0. The Labute approximate surface area is 132 Å². The van der Waals surface area contributed by atoms with E-state index in [1.807, 2.05) is 0 Å². The Bertz CT molecular complexity index is 391. The maximum Gasteiger partial charge on any atom is 0.0510 e. The number of benzene rings is 1. The number of hydrogen-bond acceptors (Lipinski definition) is 3. The molecule has 0 aliphatic heterocycles. The van der Waals surface area contributed by atoms with Crippen LogP contribution in [0.15, 0.2) is 22.7 Å². The van der Waals surface area contributed by atoms with Crippen molar-refractivity contribution in [1.29, 1.82) is 0 Å². The normalized spacial score (nSPS) is 11.1. The zero-order chi connectivity index (χ0) is 15.0. The summed E-state index contributed by atoms with van der Waals surface area (Å²) in [6, 6.07) is 6.42. The molecule has 0 fully saturated rings. The monoisotopic (exact) mass is 341 g/mol. The van der Waals surface area contributed by atoms with Crippen LogP contribution in [0.2, 0.25) is 0 Å². The molecule has 0 saturated carbocycles. The van der Waals surface area contributed by atoms with Gasteiger partial charge in [0.15, 0.2) is 0 Å². The predicted octanol–water partition coefficient (Wildman–Crippen LogP) is 3.47. The van der Waals surface area contributed by atoms with Crippen LogP contribution in [0.5, 0.6) is 0 Å². The number of halogens is 1. The molecule has 1 aromatic rings. The lowest BCUT2D eigenvalue weighted by Crippen LogP contribution is -2.30. The van der Waals surface area contributed by atoms with Gasteiger partial charge in [0, 0.05) is 24.1 Å². The van der Waals surface area contributed by atoms with Gasteiger partial charge in [-0.15, -0.1) is 0 Å². The summed E-state index contributed by atoms with van der Waals surface area (Å²) in [5, 5.41) is 0. The first-order valence-electron chi connectivity index (χ1n) is 7.61. The molecule has 0 unspecified atom stereocenters. The van der Waals surface area contributed by atoms with Crippen LogP contribution >= 0.6 is 15.9 Å². The van der Waals surface area contributed by atoms with E-state index in [9.17, 15) is 0 Å². The van der Waals surface area contributed by atoms with E-state index >= 15 is 0 Å². The van der Waals surface area contributed by atoms with Crippen molar-refractivity contribution in [2.45, 2.75) is 33.7 Å². The molecule has 0 aliphatic carbocycles. The van der Waals surface area contributed by atoms with Gasteiger partial charge in [-0.1, -0.05) is 19.9 Å². The molecule has 0 amide bonds. The maximum absolute atomic E-state index is 5.68. The van der Waals surface area contributed by atoms with Crippen LogP contribution in [0, 0.1) is 0 Å². The van der Waals surface area contributed by atoms with Gasteiger partial charge in [-0.05, 0) is 66.6 Å². The minimum atomic E-state index is 0.590. The largest absolute Gasteiger partial charge is 0.371 e. The van der Waals surface area contributed by atoms with Crippen LogP contribution in [0.4, 0.5) is 5.69 Å². The minimum absolute atomic E-state index is 0.590. The molecule has 1 aromatic carbocycles. The van der Waals surface area contributed by atoms with Gasteiger partial charge in [-0.25, -0.2) is 0 Å². The topological polar surface area (TPSA) is 32.5 Å². The lowest BCUT2D eigenvalue weighted by Gasteiger charge is -2.26. The molecule has 4 heteroatoms. The molecule has 20 heavy (non-hydrogen) atoms. The Morgan fingerprint density at radius 1 is 1.05 bits per heavy atom. The summed E-state index contributed by atoms with van der Waals surface area (Å²) in [6.07, 6.45) is 1.20. The van der Waals surface area contributed by atoms with Crippen LogP contribution in [0.3, 0.4) is 0 Å². The zero-order valence-corrected chi connectivity index (χ0v) is 14.6. The van der Waals surface area contributed by atoms with Crippen molar-refractivity contribution >= 4 is 21.6 Å². The van der Waals surface area contributed by atoms with Crippen molar-refractivity contribution in [1.82, 2.24) is 4.90 Å². The lowest BCUT2D eigenvalue weighted by molar-refractivity contribution is 0.301. The molecular weight excluding hydrogens is 314 g/mol. The highest BCUT2D eigenvalue weighted by Gasteiger charge is 2.09. The first-order valence-corrected chi connectivity index (χ1v) is 8.41. The number of rotatable bonds is 9. The van der Waals surface area contributed by atoms with Crippen LogP contribution in [0.25, 0.3) is 0 Å². The molecule has 0 spiro atoms. The van der Waals surface area contributed by atoms with E-state index in [4.69, 9.17) is 5.73 Å². The number of nitrogens with two attached hydrogens (primary N) is 1. The van der Waals surface area contributed by atoms with E-state index in [0.717, 1.165) is 30.7 Å². The van der Waals surface area contributed by atoms with E-state index < -0.39 is 0 Å². The fourth-order valence-electron chi connectivity index (χ4n) is 2.41. The lowest BCUT2D eigenvalue weighted by atomic mass is 10.2. The predicted molar refractivity (Wildman–Crippen MR) is 92.3 cm³/mol. The highest BCUT2D eigenvalue weighted by atomic mass is 79.9. The van der Waals surface area contributed by atoms with E-state index in [0.29, 0.717) is 6.54 Å². The molecule has 0 atom stereocenters. The molecule has 114 valence electrons. The van der Waals surface area contributed by atoms with Crippen LogP contribution < -0.4 is 10.6 Å². The first-order chi connectivity index (χ1) is 9.65. The highest BCUT2D eigenvalue weighted by molar-refractivity contribution is 9.10. The maximum atomic E-state index is 5.68. The number of anilines is 1. The average molecular weight is 342 g/mol. The van der Waals surface area contributed by atoms with Gasteiger partial charge in [0.1, 0.15) is 0 Å². The second-order valence-corrected chi connectivity index (χ2v) is 5.80. The Kier molecular flexibility index (Phi) is 8.19. The van der Waals surface area contributed by atoms with Crippen LogP contribution in [0.1, 0.15) is 32.8 Å². The van der Waals surface area contributed by atoms with Crippen molar-refractivity contribution in [3.63, 3.8) is 0 Å². The van der Waals surface area contributed by atoms with E-state index in [1.54, 1.807) is 0 Å². The number of nitrogens with zero attached hydrogens (tertiary/aromatic N) is 2.